The van der Waals surface area contributed by atoms with E-state index in [-0.39, 0.29) is 4.90 Å². The highest BCUT2D eigenvalue weighted by Crippen LogP contribution is 2.25. The first-order valence-corrected chi connectivity index (χ1v) is 9.35. The summed E-state index contributed by atoms with van der Waals surface area (Å²) in [6.45, 7) is 3.23. The van der Waals surface area contributed by atoms with Crippen LogP contribution in [0.15, 0.2) is 47.4 Å². The monoisotopic (exact) mass is 364 g/mol. The van der Waals surface area contributed by atoms with Crippen LogP contribution in [-0.4, -0.2) is 47.7 Å². The Kier molecular flexibility index (Phi) is 6.27. The van der Waals surface area contributed by atoms with Crippen LogP contribution < -0.4 is 14.2 Å². The number of hydrogen-bond acceptors (Lipinski definition) is 5. The van der Waals surface area contributed by atoms with Crippen LogP contribution in [0.3, 0.4) is 0 Å². The number of rotatable bonds is 8. The number of nitrogens with one attached hydrogen (secondary N) is 1. The molecule has 6 nitrogen and oxygen atoms in total. The Morgan fingerprint density at radius 3 is 2.56 bits per heavy atom. The standard InChI is InChI=1S/C18H24N2O4S/c1-14-8-9-15(12-18(14)24-11-10-20(2)3)19-25(21,22)17-7-5-6-16(13-17)23-4/h5-9,12-13,19H,10-11H2,1-4H3. The average Bonchev–Trinajstić information content (AvgIpc) is 2.57. The van der Waals surface area contributed by atoms with Gasteiger partial charge in [0.15, 0.2) is 0 Å². The summed E-state index contributed by atoms with van der Waals surface area (Å²) in [6.07, 6.45) is 0. The number of nitrogens with zero attached hydrogens (tertiary/aromatic N) is 1. The minimum absolute atomic E-state index is 0.141. The van der Waals surface area contributed by atoms with Crippen molar-refractivity contribution in [2.45, 2.75) is 11.8 Å². The zero-order chi connectivity index (χ0) is 18.4. The third-order valence-corrected chi connectivity index (χ3v) is 4.97. The van der Waals surface area contributed by atoms with Crippen molar-refractivity contribution < 1.29 is 17.9 Å². The van der Waals surface area contributed by atoms with Crippen molar-refractivity contribution in [3.8, 4) is 11.5 Å². The fourth-order valence-corrected chi connectivity index (χ4v) is 3.22. The molecule has 0 spiro atoms. The summed E-state index contributed by atoms with van der Waals surface area (Å²) in [5.74, 6) is 1.15. The zero-order valence-corrected chi connectivity index (χ0v) is 15.8. The molecular weight excluding hydrogens is 340 g/mol. The molecular formula is C18H24N2O4S. The number of anilines is 1. The van der Waals surface area contributed by atoms with Crippen LogP contribution in [0, 0.1) is 6.92 Å². The summed E-state index contributed by atoms with van der Waals surface area (Å²) in [7, 11) is 1.73. The molecule has 0 aliphatic carbocycles. The molecule has 0 amide bonds. The van der Waals surface area contributed by atoms with Gasteiger partial charge < -0.3 is 14.4 Å². The molecule has 136 valence electrons. The first-order valence-electron chi connectivity index (χ1n) is 7.87. The van der Waals surface area contributed by atoms with E-state index in [4.69, 9.17) is 9.47 Å². The van der Waals surface area contributed by atoms with Crippen molar-refractivity contribution in [3.63, 3.8) is 0 Å². The van der Waals surface area contributed by atoms with E-state index in [0.29, 0.717) is 23.8 Å². The SMILES string of the molecule is COc1cccc(S(=O)(=O)Nc2ccc(C)c(OCCN(C)C)c2)c1. The summed E-state index contributed by atoms with van der Waals surface area (Å²) in [5, 5.41) is 0. The van der Waals surface area contributed by atoms with Gasteiger partial charge in [0, 0.05) is 18.7 Å². The van der Waals surface area contributed by atoms with Gasteiger partial charge in [-0.2, -0.15) is 0 Å². The maximum atomic E-state index is 12.6. The van der Waals surface area contributed by atoms with Gasteiger partial charge in [0.25, 0.3) is 10.0 Å². The summed E-state index contributed by atoms with van der Waals surface area (Å²) in [6, 6.07) is 11.6. The molecule has 0 bridgehead atoms. The molecule has 0 aliphatic heterocycles. The lowest BCUT2D eigenvalue weighted by Crippen LogP contribution is -2.19. The van der Waals surface area contributed by atoms with Crippen LogP contribution in [-0.2, 0) is 10.0 Å². The van der Waals surface area contributed by atoms with Gasteiger partial charge in [-0.05, 0) is 44.8 Å². The second-order valence-corrected chi connectivity index (χ2v) is 7.60. The van der Waals surface area contributed by atoms with Crippen LogP contribution in [0.2, 0.25) is 0 Å². The van der Waals surface area contributed by atoms with Crippen LogP contribution in [0.1, 0.15) is 5.56 Å². The number of likely N-dealkylation sites (N-methyl/N-ethyl adjacent to an activating group) is 1. The first-order chi connectivity index (χ1) is 11.8. The van der Waals surface area contributed by atoms with E-state index in [0.717, 1.165) is 12.1 Å². The predicted octanol–water partition coefficient (Wildman–Crippen LogP) is 2.74. The molecule has 0 aromatic heterocycles. The van der Waals surface area contributed by atoms with E-state index in [1.54, 1.807) is 24.3 Å². The molecule has 2 aromatic carbocycles. The van der Waals surface area contributed by atoms with Gasteiger partial charge in [-0.15, -0.1) is 0 Å². The van der Waals surface area contributed by atoms with Crippen molar-refractivity contribution in [1.82, 2.24) is 4.90 Å². The maximum Gasteiger partial charge on any atom is 0.262 e. The lowest BCUT2D eigenvalue weighted by atomic mass is 10.2. The Balaban J connectivity index is 2.18. The molecule has 0 fully saturated rings. The number of benzene rings is 2. The van der Waals surface area contributed by atoms with Gasteiger partial charge in [-0.25, -0.2) is 8.42 Å². The van der Waals surface area contributed by atoms with Gasteiger partial charge in [0.1, 0.15) is 18.1 Å². The molecule has 0 radical (unpaired) electrons. The minimum atomic E-state index is -3.70. The molecule has 2 aromatic rings. The third kappa shape index (κ3) is 5.37. The second kappa shape index (κ2) is 8.22. The van der Waals surface area contributed by atoms with E-state index in [1.807, 2.05) is 32.0 Å². The van der Waals surface area contributed by atoms with Crippen molar-refractivity contribution in [2.24, 2.45) is 0 Å². The second-order valence-electron chi connectivity index (χ2n) is 5.92. The van der Waals surface area contributed by atoms with Crippen molar-refractivity contribution >= 4 is 15.7 Å². The zero-order valence-electron chi connectivity index (χ0n) is 14.9. The van der Waals surface area contributed by atoms with Crippen molar-refractivity contribution in [2.75, 3.05) is 39.1 Å². The Morgan fingerprint density at radius 2 is 1.88 bits per heavy atom. The van der Waals surface area contributed by atoms with E-state index < -0.39 is 10.0 Å². The average molecular weight is 364 g/mol. The molecule has 0 aliphatic rings. The predicted molar refractivity (Wildman–Crippen MR) is 99.0 cm³/mol. The van der Waals surface area contributed by atoms with Crippen LogP contribution in [0.4, 0.5) is 5.69 Å². The van der Waals surface area contributed by atoms with Crippen molar-refractivity contribution in [1.29, 1.82) is 0 Å². The Labute approximate surface area is 149 Å². The largest absolute Gasteiger partial charge is 0.497 e. The molecule has 1 N–H and O–H groups in total. The molecule has 0 saturated carbocycles. The van der Waals surface area contributed by atoms with Gasteiger partial charge in [-0.1, -0.05) is 12.1 Å². The normalized spacial score (nSPS) is 11.4. The summed E-state index contributed by atoms with van der Waals surface area (Å²) in [5.41, 5.74) is 1.40. The number of ether oxygens (including phenoxy) is 2. The summed E-state index contributed by atoms with van der Waals surface area (Å²) < 4.78 is 38.5. The number of sulfonamides is 1. The lowest BCUT2D eigenvalue weighted by Gasteiger charge is -2.15. The third-order valence-electron chi connectivity index (χ3n) is 3.59. The van der Waals surface area contributed by atoms with E-state index in [1.165, 1.54) is 19.2 Å². The maximum absolute atomic E-state index is 12.6. The number of methoxy groups -OCH3 is 1. The highest BCUT2D eigenvalue weighted by atomic mass is 32.2. The van der Waals surface area contributed by atoms with Gasteiger partial charge in [-0.3, -0.25) is 4.72 Å². The Hall–Kier alpha value is -2.25. The van der Waals surface area contributed by atoms with Crippen LogP contribution >= 0.6 is 0 Å². The fourth-order valence-electron chi connectivity index (χ4n) is 2.14. The van der Waals surface area contributed by atoms with E-state index >= 15 is 0 Å². The topological polar surface area (TPSA) is 67.9 Å². The lowest BCUT2D eigenvalue weighted by molar-refractivity contribution is 0.260. The van der Waals surface area contributed by atoms with Crippen LogP contribution in [0.25, 0.3) is 0 Å². The minimum Gasteiger partial charge on any atom is -0.497 e. The molecule has 2 rings (SSSR count). The molecule has 0 heterocycles. The van der Waals surface area contributed by atoms with Gasteiger partial charge >= 0.3 is 0 Å². The first kappa shape index (κ1) is 19.1. The number of hydrogen-bond donors (Lipinski definition) is 1. The van der Waals surface area contributed by atoms with Crippen LogP contribution in [0.5, 0.6) is 11.5 Å². The summed E-state index contributed by atoms with van der Waals surface area (Å²) >= 11 is 0. The van der Waals surface area contributed by atoms with Gasteiger partial charge in [0.05, 0.1) is 17.7 Å². The molecule has 0 unspecified atom stereocenters. The smallest absolute Gasteiger partial charge is 0.262 e. The van der Waals surface area contributed by atoms with Gasteiger partial charge in [0.2, 0.25) is 0 Å². The Morgan fingerprint density at radius 1 is 1.12 bits per heavy atom. The highest BCUT2D eigenvalue weighted by Gasteiger charge is 2.15. The van der Waals surface area contributed by atoms with E-state index in [9.17, 15) is 8.42 Å². The molecule has 0 saturated heterocycles. The summed E-state index contributed by atoms with van der Waals surface area (Å²) in [4.78, 5) is 2.16. The highest BCUT2D eigenvalue weighted by molar-refractivity contribution is 7.92. The number of aryl methyl sites for hydroxylation is 1. The fraction of sp³-hybridized carbons (Fsp3) is 0.333. The molecule has 7 heteroatoms. The quantitative estimate of drug-likeness (QED) is 0.780. The molecule has 25 heavy (non-hydrogen) atoms. The van der Waals surface area contributed by atoms with E-state index in [2.05, 4.69) is 4.72 Å². The molecule has 0 atom stereocenters. The Bertz CT molecular complexity index is 820. The van der Waals surface area contributed by atoms with Crippen molar-refractivity contribution in [3.05, 3.63) is 48.0 Å².